The second kappa shape index (κ2) is 8.19. The second-order valence-corrected chi connectivity index (χ2v) is 8.99. The number of benzene rings is 1. The van der Waals surface area contributed by atoms with E-state index in [2.05, 4.69) is 17.4 Å². The molecule has 1 N–H and O–H groups in total. The maximum absolute atomic E-state index is 13.1. The van der Waals surface area contributed by atoms with Crippen molar-refractivity contribution in [3.05, 3.63) is 29.8 Å². The Morgan fingerprint density at radius 2 is 1.93 bits per heavy atom. The molecule has 4 aliphatic heterocycles. The monoisotopic (exact) mass is 414 g/mol. The summed E-state index contributed by atoms with van der Waals surface area (Å²) in [6.07, 6.45) is 5.32. The van der Waals surface area contributed by atoms with E-state index in [1.165, 1.54) is 5.56 Å². The van der Waals surface area contributed by atoms with Gasteiger partial charge in [0.2, 0.25) is 11.8 Å². The van der Waals surface area contributed by atoms with E-state index < -0.39 is 5.54 Å². The number of ether oxygens (including phenoxy) is 3. The average molecular weight is 415 g/mol. The van der Waals surface area contributed by atoms with Crippen LogP contribution in [0.5, 0.6) is 5.75 Å². The van der Waals surface area contributed by atoms with Gasteiger partial charge in [0.15, 0.2) is 0 Å². The van der Waals surface area contributed by atoms with E-state index in [-0.39, 0.29) is 30.6 Å². The second-order valence-electron chi connectivity index (χ2n) is 8.99. The number of nitrogens with zero attached hydrogens (tertiary/aromatic N) is 1. The van der Waals surface area contributed by atoms with E-state index in [1.54, 1.807) is 0 Å². The van der Waals surface area contributed by atoms with Crippen molar-refractivity contribution in [1.82, 2.24) is 10.2 Å². The van der Waals surface area contributed by atoms with Gasteiger partial charge in [-0.05, 0) is 49.7 Å². The van der Waals surface area contributed by atoms with E-state index in [9.17, 15) is 9.59 Å². The molecule has 7 heteroatoms. The number of rotatable bonds is 0. The number of morpholine rings is 1. The van der Waals surface area contributed by atoms with Crippen LogP contribution in [0.25, 0.3) is 0 Å². The number of para-hydroxylation sites is 1. The Morgan fingerprint density at radius 1 is 1.10 bits per heavy atom. The Bertz CT molecular complexity index is 807. The molecular formula is C23H30N2O5. The lowest BCUT2D eigenvalue weighted by atomic mass is 9.82. The molecule has 6 rings (SSSR count). The molecule has 2 atom stereocenters. The Kier molecular flexibility index (Phi) is 5.41. The highest BCUT2D eigenvalue weighted by Crippen LogP contribution is 2.39. The molecule has 2 saturated heterocycles. The molecule has 1 aromatic rings. The summed E-state index contributed by atoms with van der Waals surface area (Å²) in [6, 6.07) is 8.01. The van der Waals surface area contributed by atoms with Crippen LogP contribution in [0.2, 0.25) is 0 Å². The minimum absolute atomic E-state index is 0.0417. The fourth-order valence-electron chi connectivity index (χ4n) is 5.59. The number of hydrogen-bond donors (Lipinski definition) is 1. The van der Waals surface area contributed by atoms with Crippen LogP contribution in [0.1, 0.15) is 50.0 Å². The summed E-state index contributed by atoms with van der Waals surface area (Å²) in [4.78, 5) is 27.0. The standard InChI is InChI=1S/C23H30N2O5/c26-21-14-28-15-23(24-21)10-11-25-20(23)13-30-17-7-5-16(6-8-17)18-3-1-2-4-19(18)29-12-9-22(25)27/h1-4,16-17,20H,5-15H2,(H,24,26)/t16?,17?,20-,23+/m1/s1. The molecule has 1 saturated carbocycles. The quantitative estimate of drug-likeness (QED) is 0.703. The van der Waals surface area contributed by atoms with Crippen molar-refractivity contribution in [3.63, 3.8) is 0 Å². The zero-order valence-electron chi connectivity index (χ0n) is 17.3. The van der Waals surface area contributed by atoms with Crippen LogP contribution in [0, 0.1) is 0 Å². The number of amides is 2. The van der Waals surface area contributed by atoms with Crippen LogP contribution in [0.15, 0.2) is 24.3 Å². The molecule has 0 aromatic heterocycles. The van der Waals surface area contributed by atoms with Crippen LogP contribution in [0.3, 0.4) is 0 Å². The maximum Gasteiger partial charge on any atom is 0.246 e. The topological polar surface area (TPSA) is 77.1 Å². The van der Waals surface area contributed by atoms with Gasteiger partial charge in [-0.15, -0.1) is 0 Å². The normalized spacial score (nSPS) is 34.7. The molecule has 1 aliphatic carbocycles. The lowest BCUT2D eigenvalue weighted by molar-refractivity contribution is -0.143. The van der Waals surface area contributed by atoms with Crippen LogP contribution >= 0.6 is 0 Å². The van der Waals surface area contributed by atoms with Gasteiger partial charge < -0.3 is 24.4 Å². The first-order valence-corrected chi connectivity index (χ1v) is 11.2. The third kappa shape index (κ3) is 3.69. The van der Waals surface area contributed by atoms with Crippen LogP contribution in [0.4, 0.5) is 0 Å². The lowest BCUT2D eigenvalue weighted by Crippen LogP contribution is -2.65. The fourth-order valence-corrected chi connectivity index (χ4v) is 5.59. The van der Waals surface area contributed by atoms with Gasteiger partial charge in [-0.1, -0.05) is 18.2 Å². The molecule has 7 nitrogen and oxygen atoms in total. The molecule has 0 unspecified atom stereocenters. The molecule has 3 fully saturated rings. The minimum atomic E-state index is -0.549. The summed E-state index contributed by atoms with van der Waals surface area (Å²) in [5.41, 5.74) is 0.702. The van der Waals surface area contributed by atoms with Gasteiger partial charge in [0.1, 0.15) is 12.4 Å². The lowest BCUT2D eigenvalue weighted by Gasteiger charge is -2.41. The SMILES string of the molecule is O=C1COC[C@]2(CCN3C(=O)CCOc4ccccc4C4CCC(CC4)OC[C@@H]32)N1. The molecule has 4 heterocycles. The highest BCUT2D eigenvalue weighted by atomic mass is 16.5. The molecule has 30 heavy (non-hydrogen) atoms. The van der Waals surface area contributed by atoms with Crippen molar-refractivity contribution in [2.45, 2.75) is 62.1 Å². The molecule has 0 radical (unpaired) electrons. The first kappa shape index (κ1) is 19.8. The zero-order chi connectivity index (χ0) is 20.6. The summed E-state index contributed by atoms with van der Waals surface area (Å²) in [6.45, 7) is 1.89. The smallest absolute Gasteiger partial charge is 0.246 e. The average Bonchev–Trinajstić information content (AvgIpc) is 3.09. The van der Waals surface area contributed by atoms with Crippen molar-refractivity contribution in [3.8, 4) is 5.75 Å². The van der Waals surface area contributed by atoms with Gasteiger partial charge in [-0.25, -0.2) is 0 Å². The number of hydrogen-bond acceptors (Lipinski definition) is 5. The summed E-state index contributed by atoms with van der Waals surface area (Å²) in [7, 11) is 0. The fraction of sp³-hybridized carbons (Fsp3) is 0.652. The highest BCUT2D eigenvalue weighted by molar-refractivity contribution is 5.80. The van der Waals surface area contributed by atoms with E-state index in [0.29, 0.717) is 45.1 Å². The van der Waals surface area contributed by atoms with Crippen LogP contribution < -0.4 is 10.1 Å². The van der Waals surface area contributed by atoms with Gasteiger partial charge in [0.05, 0.1) is 43.9 Å². The van der Waals surface area contributed by atoms with Crippen LogP contribution in [-0.2, 0) is 19.1 Å². The van der Waals surface area contributed by atoms with Crippen LogP contribution in [-0.4, -0.2) is 67.4 Å². The van der Waals surface area contributed by atoms with Crippen molar-refractivity contribution >= 4 is 11.8 Å². The summed E-state index contributed by atoms with van der Waals surface area (Å²) in [5, 5.41) is 3.13. The summed E-state index contributed by atoms with van der Waals surface area (Å²) in [5.74, 6) is 1.30. The van der Waals surface area contributed by atoms with Crippen molar-refractivity contribution in [2.75, 3.05) is 33.0 Å². The van der Waals surface area contributed by atoms with Crippen molar-refractivity contribution in [1.29, 1.82) is 0 Å². The van der Waals surface area contributed by atoms with E-state index in [4.69, 9.17) is 14.2 Å². The molecule has 1 spiro atoms. The maximum atomic E-state index is 13.1. The zero-order valence-corrected chi connectivity index (χ0v) is 17.3. The molecule has 162 valence electrons. The first-order chi connectivity index (χ1) is 14.6. The summed E-state index contributed by atoms with van der Waals surface area (Å²) < 4.78 is 18.0. The Morgan fingerprint density at radius 3 is 2.77 bits per heavy atom. The Balaban J connectivity index is 1.40. The molecule has 1 aromatic carbocycles. The van der Waals surface area contributed by atoms with Crippen molar-refractivity contribution < 1.29 is 23.8 Å². The number of fused-ring (bicyclic) bond motifs is 6. The molecule has 2 amide bonds. The molecule has 5 aliphatic rings. The number of carbonyl (C=O) groups excluding carboxylic acids is 2. The summed E-state index contributed by atoms with van der Waals surface area (Å²) >= 11 is 0. The third-order valence-electron chi connectivity index (χ3n) is 7.21. The van der Waals surface area contributed by atoms with Gasteiger partial charge >= 0.3 is 0 Å². The van der Waals surface area contributed by atoms with E-state index >= 15 is 0 Å². The predicted molar refractivity (Wildman–Crippen MR) is 109 cm³/mol. The minimum Gasteiger partial charge on any atom is -0.493 e. The molecule has 2 bridgehead atoms. The van der Waals surface area contributed by atoms with Crippen molar-refractivity contribution in [2.24, 2.45) is 0 Å². The van der Waals surface area contributed by atoms with Gasteiger partial charge in [-0.3, -0.25) is 9.59 Å². The predicted octanol–water partition coefficient (Wildman–Crippen LogP) is 2.00. The number of nitrogens with one attached hydrogen (secondary N) is 1. The highest BCUT2D eigenvalue weighted by Gasteiger charge is 2.52. The first-order valence-electron chi connectivity index (χ1n) is 11.2. The van der Waals surface area contributed by atoms with E-state index in [1.807, 2.05) is 17.0 Å². The van der Waals surface area contributed by atoms with Gasteiger partial charge in [0.25, 0.3) is 0 Å². The number of carbonyl (C=O) groups is 2. The largest absolute Gasteiger partial charge is 0.493 e. The Labute approximate surface area is 177 Å². The third-order valence-corrected chi connectivity index (χ3v) is 7.21. The van der Waals surface area contributed by atoms with Gasteiger partial charge in [0, 0.05) is 6.54 Å². The Hall–Kier alpha value is -2.12. The van der Waals surface area contributed by atoms with E-state index in [0.717, 1.165) is 31.4 Å². The van der Waals surface area contributed by atoms with Gasteiger partial charge in [-0.2, -0.15) is 0 Å². The molecular weight excluding hydrogens is 384 g/mol.